The summed E-state index contributed by atoms with van der Waals surface area (Å²) in [5, 5.41) is 6.14. The van der Waals surface area contributed by atoms with Gasteiger partial charge in [0.25, 0.3) is 0 Å². The molecule has 56 heavy (non-hydrogen) atoms. The highest BCUT2D eigenvalue weighted by Crippen LogP contribution is 2.41. The van der Waals surface area contributed by atoms with Gasteiger partial charge in [-0.3, -0.25) is 0 Å². The monoisotopic (exact) mass is 715 g/mol. The molecule has 5 nitrogen and oxygen atoms in total. The summed E-state index contributed by atoms with van der Waals surface area (Å²) >= 11 is 0. The normalized spacial score (nSPS) is 11.6. The lowest BCUT2D eigenvalue weighted by Gasteiger charge is -2.14. The molecule has 0 N–H and O–H groups in total. The van der Waals surface area contributed by atoms with Gasteiger partial charge in [0.1, 0.15) is 0 Å². The highest BCUT2D eigenvalue weighted by atomic mass is 15.0. The van der Waals surface area contributed by atoms with E-state index >= 15 is 0 Å². The van der Waals surface area contributed by atoms with Gasteiger partial charge in [-0.25, -0.2) is 15.0 Å². The van der Waals surface area contributed by atoms with Crippen LogP contribution in [0.15, 0.2) is 200 Å². The van der Waals surface area contributed by atoms with E-state index in [1.807, 2.05) is 60.7 Å². The molecule has 3 heterocycles. The Bertz CT molecular complexity index is 3160. The molecule has 0 saturated heterocycles. The van der Waals surface area contributed by atoms with Gasteiger partial charge in [0, 0.05) is 50.4 Å². The molecule has 0 radical (unpaired) electrons. The molecule has 11 rings (SSSR count). The van der Waals surface area contributed by atoms with Crippen molar-refractivity contribution < 1.29 is 0 Å². The number of para-hydroxylation sites is 2. The van der Waals surface area contributed by atoms with Gasteiger partial charge in [-0.2, -0.15) is 0 Å². The van der Waals surface area contributed by atoms with Gasteiger partial charge in [0.05, 0.1) is 16.6 Å². The SMILES string of the molecule is c1ccc(-c2cc(-c3nc(-c4ccccc4)nc(-c4ccccc4)n3)cc(-n3c4ccccc4c4c5ccc6c(ccn6-c6ccccc6)c5ccc43)c2)cc1. The second-order valence-electron chi connectivity index (χ2n) is 14.1. The lowest BCUT2D eigenvalue weighted by atomic mass is 10.0. The first-order chi connectivity index (χ1) is 27.8. The highest BCUT2D eigenvalue weighted by molar-refractivity contribution is 6.25. The van der Waals surface area contributed by atoms with Crippen LogP contribution in [-0.4, -0.2) is 24.1 Å². The first-order valence-electron chi connectivity index (χ1n) is 18.9. The zero-order chi connectivity index (χ0) is 37.0. The molecule has 0 unspecified atom stereocenters. The van der Waals surface area contributed by atoms with Crippen LogP contribution in [-0.2, 0) is 0 Å². The lowest BCUT2D eigenvalue weighted by Crippen LogP contribution is -2.01. The molecule has 0 aliphatic carbocycles. The molecule has 0 saturated carbocycles. The number of rotatable bonds is 6. The predicted molar refractivity (Wildman–Crippen MR) is 230 cm³/mol. The highest BCUT2D eigenvalue weighted by Gasteiger charge is 2.19. The zero-order valence-corrected chi connectivity index (χ0v) is 30.3. The molecule has 0 fully saturated rings. The van der Waals surface area contributed by atoms with Gasteiger partial charge in [-0.15, -0.1) is 0 Å². The molecule has 0 aliphatic heterocycles. The Morgan fingerprint density at radius 2 is 0.839 bits per heavy atom. The quantitative estimate of drug-likeness (QED) is 0.172. The van der Waals surface area contributed by atoms with Crippen LogP contribution in [0.1, 0.15) is 0 Å². The maximum atomic E-state index is 5.14. The number of aromatic nitrogens is 5. The van der Waals surface area contributed by atoms with E-state index in [1.54, 1.807) is 0 Å². The minimum atomic E-state index is 0.619. The number of nitrogens with zero attached hydrogens (tertiary/aromatic N) is 5. The van der Waals surface area contributed by atoms with Crippen molar-refractivity contribution in [1.82, 2.24) is 24.1 Å². The van der Waals surface area contributed by atoms with Crippen LogP contribution in [0.5, 0.6) is 0 Å². The van der Waals surface area contributed by atoms with E-state index in [1.165, 1.54) is 32.4 Å². The lowest BCUT2D eigenvalue weighted by molar-refractivity contribution is 1.07. The summed E-state index contributed by atoms with van der Waals surface area (Å²) < 4.78 is 4.67. The molecule has 8 aromatic carbocycles. The van der Waals surface area contributed by atoms with Crippen molar-refractivity contribution in [3.05, 3.63) is 200 Å². The summed E-state index contributed by atoms with van der Waals surface area (Å²) in [5.74, 6) is 1.89. The van der Waals surface area contributed by atoms with E-state index in [0.29, 0.717) is 17.5 Å². The fourth-order valence-electron chi connectivity index (χ4n) is 8.20. The van der Waals surface area contributed by atoms with Crippen molar-refractivity contribution in [2.24, 2.45) is 0 Å². The molecule has 0 amide bonds. The van der Waals surface area contributed by atoms with Gasteiger partial charge in [-0.05, 0) is 76.5 Å². The maximum absolute atomic E-state index is 5.14. The van der Waals surface area contributed by atoms with Crippen LogP contribution in [0, 0.1) is 0 Å². The molecule has 0 spiro atoms. The maximum Gasteiger partial charge on any atom is 0.164 e. The van der Waals surface area contributed by atoms with Crippen LogP contribution >= 0.6 is 0 Å². The van der Waals surface area contributed by atoms with Gasteiger partial charge in [0.15, 0.2) is 17.5 Å². The molecule has 262 valence electrons. The molecular weight excluding hydrogens is 683 g/mol. The summed E-state index contributed by atoms with van der Waals surface area (Å²) in [4.78, 5) is 15.3. The van der Waals surface area contributed by atoms with E-state index in [-0.39, 0.29) is 0 Å². The Morgan fingerprint density at radius 1 is 0.304 bits per heavy atom. The number of hydrogen-bond acceptors (Lipinski definition) is 3. The number of hydrogen-bond donors (Lipinski definition) is 0. The summed E-state index contributed by atoms with van der Waals surface area (Å²) in [6.07, 6.45) is 2.18. The number of fused-ring (bicyclic) bond motifs is 7. The summed E-state index contributed by atoms with van der Waals surface area (Å²) in [7, 11) is 0. The van der Waals surface area contributed by atoms with Crippen molar-refractivity contribution in [3.8, 4) is 56.7 Å². The van der Waals surface area contributed by atoms with E-state index in [9.17, 15) is 0 Å². The molecular formula is C51H33N5. The second-order valence-corrected chi connectivity index (χ2v) is 14.1. The third kappa shape index (κ3) is 5.29. The van der Waals surface area contributed by atoms with Crippen molar-refractivity contribution in [2.45, 2.75) is 0 Å². The molecule has 0 bridgehead atoms. The van der Waals surface area contributed by atoms with Crippen LogP contribution in [0.25, 0.3) is 100 Å². The Balaban J connectivity index is 1.17. The Hall–Kier alpha value is -7.63. The molecule has 0 atom stereocenters. The summed E-state index contributed by atoms with van der Waals surface area (Å²) in [5.41, 5.74) is 10.6. The predicted octanol–water partition coefficient (Wildman–Crippen LogP) is 12.7. The summed E-state index contributed by atoms with van der Waals surface area (Å²) in [6.45, 7) is 0. The van der Waals surface area contributed by atoms with Crippen LogP contribution in [0.4, 0.5) is 0 Å². The molecule has 0 aliphatic rings. The van der Waals surface area contributed by atoms with E-state index in [4.69, 9.17) is 15.0 Å². The third-order valence-corrected chi connectivity index (χ3v) is 10.8. The van der Waals surface area contributed by atoms with Gasteiger partial charge < -0.3 is 9.13 Å². The largest absolute Gasteiger partial charge is 0.317 e. The minimum absolute atomic E-state index is 0.619. The van der Waals surface area contributed by atoms with Crippen LogP contribution in [0.2, 0.25) is 0 Å². The molecule has 11 aromatic rings. The van der Waals surface area contributed by atoms with Crippen molar-refractivity contribution in [1.29, 1.82) is 0 Å². The van der Waals surface area contributed by atoms with E-state index in [0.717, 1.165) is 50.2 Å². The molecule has 5 heteroatoms. The standard InChI is InChI=1S/C51H33N5/c1-5-15-34(16-6-1)37-31-38(51-53-49(35-17-7-2-8-18-35)52-50(54-51)36-19-9-3-10-20-36)33-40(32-37)56-46-24-14-13-23-44(46)48-43-26-27-45-42(41(43)25-28-47(48)56)29-30-55(45)39-21-11-4-12-22-39/h1-33H. The van der Waals surface area contributed by atoms with E-state index in [2.05, 4.69) is 149 Å². The smallest absolute Gasteiger partial charge is 0.164 e. The topological polar surface area (TPSA) is 48.5 Å². The average Bonchev–Trinajstić information content (AvgIpc) is 3.87. The Labute approximate surface area is 323 Å². The molecule has 3 aromatic heterocycles. The first-order valence-corrected chi connectivity index (χ1v) is 18.9. The van der Waals surface area contributed by atoms with Crippen LogP contribution in [0.3, 0.4) is 0 Å². The average molecular weight is 716 g/mol. The second kappa shape index (κ2) is 13.0. The van der Waals surface area contributed by atoms with Gasteiger partial charge in [0.2, 0.25) is 0 Å². The Morgan fingerprint density at radius 3 is 1.52 bits per heavy atom. The third-order valence-electron chi connectivity index (χ3n) is 10.8. The Kier molecular flexibility index (Phi) is 7.42. The van der Waals surface area contributed by atoms with Crippen molar-refractivity contribution in [3.63, 3.8) is 0 Å². The fraction of sp³-hybridized carbons (Fsp3) is 0. The zero-order valence-electron chi connectivity index (χ0n) is 30.3. The fourth-order valence-corrected chi connectivity index (χ4v) is 8.20. The summed E-state index contributed by atoms with van der Waals surface area (Å²) in [6, 6.07) is 68.2. The van der Waals surface area contributed by atoms with Crippen LogP contribution < -0.4 is 0 Å². The van der Waals surface area contributed by atoms with Crippen molar-refractivity contribution in [2.75, 3.05) is 0 Å². The van der Waals surface area contributed by atoms with Crippen molar-refractivity contribution >= 4 is 43.5 Å². The van der Waals surface area contributed by atoms with Gasteiger partial charge in [-0.1, -0.05) is 140 Å². The number of benzene rings is 8. The van der Waals surface area contributed by atoms with E-state index < -0.39 is 0 Å². The van der Waals surface area contributed by atoms with Gasteiger partial charge >= 0.3 is 0 Å². The first kappa shape index (κ1) is 31.9. The minimum Gasteiger partial charge on any atom is -0.317 e.